The number of fused-ring (bicyclic) bond motifs is 4. The maximum Gasteiger partial charge on any atom is 0.160 e. The lowest BCUT2D eigenvalue weighted by Gasteiger charge is -2.14. The highest BCUT2D eigenvalue weighted by Gasteiger charge is 2.16. The highest BCUT2D eigenvalue weighted by Crippen LogP contribution is 2.42. The number of hydrogen-bond donors (Lipinski definition) is 0. The number of benzene rings is 6. The Labute approximate surface area is 276 Å². The van der Waals surface area contributed by atoms with Gasteiger partial charge in [0, 0.05) is 49.3 Å². The topological polar surface area (TPSA) is 38.7 Å². The van der Waals surface area contributed by atoms with Gasteiger partial charge in [0.1, 0.15) is 0 Å². The third kappa shape index (κ3) is 5.05. The summed E-state index contributed by atoms with van der Waals surface area (Å²) in [6.07, 6.45) is 3.65. The lowest BCUT2D eigenvalue weighted by Crippen LogP contribution is -1.96. The first-order valence-corrected chi connectivity index (χ1v) is 16.5. The maximum absolute atomic E-state index is 5.19. The molecule has 0 aliphatic heterocycles. The van der Waals surface area contributed by atoms with Crippen LogP contribution in [0.15, 0.2) is 164 Å². The van der Waals surface area contributed by atoms with Gasteiger partial charge in [0.15, 0.2) is 5.82 Å². The average molecular weight is 618 g/mol. The molecule has 0 aliphatic carbocycles. The van der Waals surface area contributed by atoms with Crippen molar-refractivity contribution in [1.82, 2.24) is 15.0 Å². The molecule has 0 saturated carbocycles. The standard InChI is InChI=1S/C43H27N3S/c1-2-11-29(12-3-1)43-45-39(32-14-9-21-44-27-32)26-40(46-43)35-24-33(31-20-19-28-10-4-5-13-30(28)22-31)23-34(25-35)36-16-8-17-38-37-15-6-7-18-41(37)47-42(36)38/h1-27H. The first-order valence-electron chi connectivity index (χ1n) is 15.7. The van der Waals surface area contributed by atoms with Crippen LogP contribution < -0.4 is 0 Å². The van der Waals surface area contributed by atoms with E-state index in [1.165, 1.54) is 42.1 Å². The minimum atomic E-state index is 0.686. The van der Waals surface area contributed by atoms with Crippen LogP contribution in [-0.4, -0.2) is 15.0 Å². The van der Waals surface area contributed by atoms with E-state index in [0.717, 1.165) is 39.2 Å². The summed E-state index contributed by atoms with van der Waals surface area (Å²) >= 11 is 1.86. The predicted molar refractivity (Wildman–Crippen MR) is 197 cm³/mol. The number of aromatic nitrogens is 3. The van der Waals surface area contributed by atoms with Gasteiger partial charge in [0.2, 0.25) is 0 Å². The monoisotopic (exact) mass is 617 g/mol. The molecule has 0 atom stereocenters. The van der Waals surface area contributed by atoms with Crippen LogP contribution in [0.4, 0.5) is 0 Å². The molecule has 220 valence electrons. The fourth-order valence-electron chi connectivity index (χ4n) is 6.41. The summed E-state index contributed by atoms with van der Waals surface area (Å²) in [6.45, 7) is 0. The molecule has 9 aromatic rings. The minimum Gasteiger partial charge on any atom is -0.264 e. The van der Waals surface area contributed by atoms with E-state index < -0.39 is 0 Å². The molecule has 9 rings (SSSR count). The Hall–Kier alpha value is -5.97. The van der Waals surface area contributed by atoms with Crippen LogP contribution in [0, 0.1) is 0 Å². The summed E-state index contributed by atoms with van der Waals surface area (Å²) in [5.74, 6) is 0.686. The molecule has 0 aliphatic rings. The molecule has 0 bridgehead atoms. The Morgan fingerprint density at radius 3 is 2.02 bits per heavy atom. The first-order chi connectivity index (χ1) is 23.3. The van der Waals surface area contributed by atoms with Gasteiger partial charge in [0.25, 0.3) is 0 Å². The molecule has 3 heterocycles. The second kappa shape index (κ2) is 11.4. The van der Waals surface area contributed by atoms with Gasteiger partial charge in [-0.25, -0.2) is 9.97 Å². The van der Waals surface area contributed by atoms with Gasteiger partial charge in [-0.15, -0.1) is 11.3 Å². The van der Waals surface area contributed by atoms with E-state index in [-0.39, 0.29) is 0 Å². The van der Waals surface area contributed by atoms with Crippen molar-refractivity contribution in [2.45, 2.75) is 0 Å². The van der Waals surface area contributed by atoms with Crippen molar-refractivity contribution in [3.8, 4) is 56.2 Å². The Kier molecular flexibility index (Phi) is 6.65. The molecule has 0 spiro atoms. The molecule has 0 N–H and O–H groups in total. The summed E-state index contributed by atoms with van der Waals surface area (Å²) in [6, 6.07) is 53.8. The van der Waals surface area contributed by atoms with Crippen molar-refractivity contribution in [3.05, 3.63) is 164 Å². The SMILES string of the molecule is c1ccc(-c2nc(-c3cccnc3)cc(-c3cc(-c4ccc5ccccc5c4)cc(-c4cccc5c4sc4ccccc45)c3)n2)cc1. The van der Waals surface area contributed by atoms with Crippen molar-refractivity contribution in [3.63, 3.8) is 0 Å². The summed E-state index contributed by atoms with van der Waals surface area (Å²) in [5, 5.41) is 5.03. The average Bonchev–Trinajstić information content (AvgIpc) is 3.54. The summed E-state index contributed by atoms with van der Waals surface area (Å²) < 4.78 is 2.59. The summed E-state index contributed by atoms with van der Waals surface area (Å²) in [4.78, 5) is 14.6. The van der Waals surface area contributed by atoms with Gasteiger partial charge in [-0.1, -0.05) is 103 Å². The molecule has 0 fully saturated rings. The van der Waals surface area contributed by atoms with Gasteiger partial charge >= 0.3 is 0 Å². The highest BCUT2D eigenvalue weighted by molar-refractivity contribution is 7.26. The molecule has 4 heteroatoms. The minimum absolute atomic E-state index is 0.686. The van der Waals surface area contributed by atoms with Crippen LogP contribution in [0.25, 0.3) is 87.1 Å². The van der Waals surface area contributed by atoms with Crippen LogP contribution in [-0.2, 0) is 0 Å². The van der Waals surface area contributed by atoms with E-state index in [4.69, 9.17) is 9.97 Å². The van der Waals surface area contributed by atoms with E-state index in [2.05, 4.69) is 126 Å². The quantitative estimate of drug-likeness (QED) is 0.193. The Balaban J connectivity index is 1.31. The van der Waals surface area contributed by atoms with E-state index in [9.17, 15) is 0 Å². The van der Waals surface area contributed by atoms with Crippen molar-refractivity contribution in [1.29, 1.82) is 0 Å². The Bertz CT molecular complexity index is 2510. The van der Waals surface area contributed by atoms with Crippen molar-refractivity contribution in [2.75, 3.05) is 0 Å². The largest absolute Gasteiger partial charge is 0.264 e. The van der Waals surface area contributed by atoms with Gasteiger partial charge in [-0.2, -0.15) is 0 Å². The smallest absolute Gasteiger partial charge is 0.160 e. The molecule has 3 nitrogen and oxygen atoms in total. The number of pyridine rings is 1. The molecule has 3 aromatic heterocycles. The second-order valence-corrected chi connectivity index (χ2v) is 12.8. The van der Waals surface area contributed by atoms with Crippen LogP contribution >= 0.6 is 11.3 Å². The third-order valence-electron chi connectivity index (χ3n) is 8.74. The highest BCUT2D eigenvalue weighted by atomic mass is 32.1. The molecule has 6 aromatic carbocycles. The number of rotatable bonds is 5. The van der Waals surface area contributed by atoms with E-state index >= 15 is 0 Å². The molecule has 0 radical (unpaired) electrons. The zero-order chi connectivity index (χ0) is 31.2. The number of hydrogen-bond acceptors (Lipinski definition) is 4. The third-order valence-corrected chi connectivity index (χ3v) is 9.96. The molecular formula is C43H27N3S. The molecular weight excluding hydrogens is 591 g/mol. The predicted octanol–water partition coefficient (Wildman–Crippen LogP) is 11.7. The normalized spacial score (nSPS) is 11.4. The fourth-order valence-corrected chi connectivity index (χ4v) is 7.65. The lowest BCUT2D eigenvalue weighted by molar-refractivity contribution is 1.18. The number of thiophene rings is 1. The van der Waals surface area contributed by atoms with Gasteiger partial charge in [-0.05, 0) is 81.6 Å². The van der Waals surface area contributed by atoms with Crippen molar-refractivity contribution >= 4 is 42.3 Å². The van der Waals surface area contributed by atoms with E-state index in [1.807, 2.05) is 47.9 Å². The van der Waals surface area contributed by atoms with E-state index in [0.29, 0.717) is 5.82 Å². The molecule has 0 saturated heterocycles. The van der Waals surface area contributed by atoms with Crippen LogP contribution in [0.5, 0.6) is 0 Å². The number of nitrogens with zero attached hydrogens (tertiary/aromatic N) is 3. The Morgan fingerprint density at radius 1 is 0.426 bits per heavy atom. The van der Waals surface area contributed by atoms with Gasteiger partial charge < -0.3 is 0 Å². The van der Waals surface area contributed by atoms with Gasteiger partial charge in [-0.3, -0.25) is 4.98 Å². The Morgan fingerprint density at radius 2 is 1.15 bits per heavy atom. The summed E-state index contributed by atoms with van der Waals surface area (Å²) in [5.41, 5.74) is 9.35. The molecule has 0 unspecified atom stereocenters. The zero-order valence-electron chi connectivity index (χ0n) is 25.3. The first kappa shape index (κ1) is 27.3. The molecule has 47 heavy (non-hydrogen) atoms. The summed E-state index contributed by atoms with van der Waals surface area (Å²) in [7, 11) is 0. The fraction of sp³-hybridized carbons (Fsp3) is 0. The lowest BCUT2D eigenvalue weighted by atomic mass is 9.93. The molecule has 0 amide bonds. The van der Waals surface area contributed by atoms with Crippen LogP contribution in [0.2, 0.25) is 0 Å². The van der Waals surface area contributed by atoms with Crippen LogP contribution in [0.1, 0.15) is 0 Å². The second-order valence-electron chi connectivity index (χ2n) is 11.7. The maximum atomic E-state index is 5.19. The van der Waals surface area contributed by atoms with Crippen molar-refractivity contribution < 1.29 is 0 Å². The van der Waals surface area contributed by atoms with Crippen molar-refractivity contribution in [2.24, 2.45) is 0 Å². The van der Waals surface area contributed by atoms with Gasteiger partial charge in [0.05, 0.1) is 11.4 Å². The van der Waals surface area contributed by atoms with Crippen LogP contribution in [0.3, 0.4) is 0 Å². The zero-order valence-corrected chi connectivity index (χ0v) is 26.2. The van der Waals surface area contributed by atoms with E-state index in [1.54, 1.807) is 6.20 Å².